The number of aliphatic hydroxyl groups excluding tert-OH is 1. The second-order valence-corrected chi connectivity index (χ2v) is 7.62. The molecule has 0 bridgehead atoms. The molecule has 0 fully saturated rings. The molecule has 6 nitrogen and oxygen atoms in total. The Morgan fingerprint density at radius 1 is 1.35 bits per heavy atom. The first-order valence-electron chi connectivity index (χ1n) is 6.24. The highest BCUT2D eigenvalue weighted by Crippen LogP contribution is 2.25. The van der Waals surface area contributed by atoms with Crippen LogP contribution in [0, 0.1) is 0 Å². The SMILES string of the molecule is CCC(CC)(CO)NS(=O)(=O)c1ccc(CC(=O)O)s1. The van der Waals surface area contributed by atoms with Gasteiger partial charge in [-0.05, 0) is 25.0 Å². The molecule has 0 radical (unpaired) electrons. The van der Waals surface area contributed by atoms with Crippen LogP contribution >= 0.6 is 11.3 Å². The van der Waals surface area contributed by atoms with Crippen LogP contribution in [0.3, 0.4) is 0 Å². The minimum Gasteiger partial charge on any atom is -0.481 e. The molecule has 0 aliphatic carbocycles. The van der Waals surface area contributed by atoms with E-state index in [1.807, 2.05) is 0 Å². The van der Waals surface area contributed by atoms with Crippen molar-refractivity contribution >= 4 is 27.3 Å². The molecule has 20 heavy (non-hydrogen) atoms. The Bertz CT molecular complexity index is 552. The summed E-state index contributed by atoms with van der Waals surface area (Å²) in [6.45, 7) is 3.31. The molecule has 1 aromatic heterocycles. The maximum absolute atomic E-state index is 12.3. The van der Waals surface area contributed by atoms with E-state index in [0.29, 0.717) is 17.7 Å². The molecule has 0 atom stereocenters. The molecule has 0 saturated heterocycles. The van der Waals surface area contributed by atoms with Crippen LogP contribution in [0.15, 0.2) is 16.3 Å². The first-order chi connectivity index (χ1) is 9.28. The lowest BCUT2D eigenvalue weighted by Gasteiger charge is -2.29. The van der Waals surface area contributed by atoms with Crippen molar-refractivity contribution in [3.63, 3.8) is 0 Å². The zero-order valence-electron chi connectivity index (χ0n) is 11.4. The van der Waals surface area contributed by atoms with Crippen molar-refractivity contribution in [1.29, 1.82) is 0 Å². The molecule has 114 valence electrons. The van der Waals surface area contributed by atoms with Crippen molar-refractivity contribution in [3.05, 3.63) is 17.0 Å². The number of carbonyl (C=O) groups is 1. The van der Waals surface area contributed by atoms with E-state index in [4.69, 9.17) is 5.11 Å². The topological polar surface area (TPSA) is 104 Å². The van der Waals surface area contributed by atoms with Crippen LogP contribution in [0.1, 0.15) is 31.6 Å². The number of nitrogens with one attached hydrogen (secondary N) is 1. The van der Waals surface area contributed by atoms with E-state index >= 15 is 0 Å². The van der Waals surface area contributed by atoms with Gasteiger partial charge in [0.05, 0.1) is 18.6 Å². The summed E-state index contributed by atoms with van der Waals surface area (Å²) in [5.74, 6) is -1.00. The van der Waals surface area contributed by atoms with Crippen molar-refractivity contribution < 1.29 is 23.4 Å². The van der Waals surface area contributed by atoms with Gasteiger partial charge in [-0.2, -0.15) is 0 Å². The van der Waals surface area contributed by atoms with Crippen LogP contribution in [0.25, 0.3) is 0 Å². The number of hydrogen-bond acceptors (Lipinski definition) is 5. The molecule has 0 aliphatic rings. The van der Waals surface area contributed by atoms with E-state index in [1.165, 1.54) is 12.1 Å². The van der Waals surface area contributed by atoms with Gasteiger partial charge < -0.3 is 10.2 Å². The summed E-state index contributed by atoms with van der Waals surface area (Å²) in [4.78, 5) is 11.1. The Balaban J connectivity index is 2.99. The summed E-state index contributed by atoms with van der Waals surface area (Å²) < 4.78 is 27.1. The van der Waals surface area contributed by atoms with Crippen LogP contribution in [0.4, 0.5) is 0 Å². The van der Waals surface area contributed by atoms with Gasteiger partial charge in [0.25, 0.3) is 10.0 Å². The molecular weight excluding hydrogens is 302 g/mol. The smallest absolute Gasteiger partial charge is 0.308 e. The fraction of sp³-hybridized carbons (Fsp3) is 0.583. The third kappa shape index (κ3) is 4.02. The molecule has 0 amide bonds. The van der Waals surface area contributed by atoms with Gasteiger partial charge in [0.2, 0.25) is 0 Å². The standard InChI is InChI=1S/C12H19NO5S2/c1-3-12(4-2,8-14)13-20(17,18)11-6-5-9(19-11)7-10(15)16/h5-6,13-14H,3-4,7-8H2,1-2H3,(H,15,16). The first kappa shape index (κ1) is 17.1. The van der Waals surface area contributed by atoms with Gasteiger partial charge in [0.15, 0.2) is 0 Å². The number of hydrogen-bond donors (Lipinski definition) is 3. The fourth-order valence-corrected chi connectivity index (χ4v) is 4.61. The maximum Gasteiger partial charge on any atom is 0.308 e. The predicted molar refractivity (Wildman–Crippen MR) is 76.4 cm³/mol. The van der Waals surface area contributed by atoms with Crippen LogP contribution in [0.5, 0.6) is 0 Å². The monoisotopic (exact) mass is 321 g/mol. The average Bonchev–Trinajstić information content (AvgIpc) is 2.84. The molecule has 0 spiro atoms. The van der Waals surface area contributed by atoms with Crippen molar-refractivity contribution in [3.8, 4) is 0 Å². The largest absolute Gasteiger partial charge is 0.481 e. The zero-order chi connectivity index (χ0) is 15.4. The van der Waals surface area contributed by atoms with E-state index in [2.05, 4.69) is 4.72 Å². The number of aliphatic carboxylic acids is 1. The van der Waals surface area contributed by atoms with Crippen LogP contribution in [-0.2, 0) is 21.2 Å². The molecule has 0 unspecified atom stereocenters. The van der Waals surface area contributed by atoms with E-state index < -0.39 is 21.5 Å². The number of carboxylic acids is 1. The molecular formula is C12H19NO5S2. The number of carboxylic acid groups (broad SMARTS) is 1. The molecule has 0 aliphatic heterocycles. The minimum absolute atomic E-state index is 0.0634. The van der Waals surface area contributed by atoms with Gasteiger partial charge in [-0.3, -0.25) is 4.79 Å². The highest BCUT2D eigenvalue weighted by molar-refractivity contribution is 7.91. The summed E-state index contributed by atoms with van der Waals surface area (Å²) in [5, 5.41) is 18.1. The Hall–Kier alpha value is -0.960. The fourth-order valence-electron chi connectivity index (χ4n) is 1.73. The molecule has 0 aromatic carbocycles. The molecule has 3 N–H and O–H groups in total. The summed E-state index contributed by atoms with van der Waals surface area (Å²) in [5.41, 5.74) is -0.879. The van der Waals surface area contributed by atoms with Crippen molar-refractivity contribution in [2.45, 2.75) is 42.9 Å². The molecule has 1 heterocycles. The normalized spacial score (nSPS) is 12.6. The van der Waals surface area contributed by atoms with Gasteiger partial charge in [0.1, 0.15) is 4.21 Å². The quantitative estimate of drug-likeness (QED) is 0.667. The lowest BCUT2D eigenvalue weighted by Crippen LogP contribution is -2.50. The van der Waals surface area contributed by atoms with Gasteiger partial charge >= 0.3 is 5.97 Å². The Labute approximate surface area is 122 Å². The highest BCUT2D eigenvalue weighted by Gasteiger charge is 2.32. The Morgan fingerprint density at radius 3 is 2.40 bits per heavy atom. The number of aliphatic hydroxyl groups is 1. The summed E-state index contributed by atoms with van der Waals surface area (Å²) in [6.07, 6.45) is 0.728. The van der Waals surface area contributed by atoms with E-state index in [9.17, 15) is 18.3 Å². The van der Waals surface area contributed by atoms with E-state index in [1.54, 1.807) is 13.8 Å². The van der Waals surface area contributed by atoms with Crippen LogP contribution < -0.4 is 4.72 Å². The Kier molecular flexibility index (Phi) is 5.69. The Morgan fingerprint density at radius 2 is 1.95 bits per heavy atom. The zero-order valence-corrected chi connectivity index (χ0v) is 13.1. The van der Waals surface area contributed by atoms with Gasteiger partial charge in [-0.1, -0.05) is 13.8 Å². The highest BCUT2D eigenvalue weighted by atomic mass is 32.2. The molecule has 0 saturated carbocycles. The predicted octanol–water partition coefficient (Wildman–Crippen LogP) is 1.20. The average molecular weight is 321 g/mol. The number of sulfonamides is 1. The molecule has 8 heteroatoms. The number of thiophene rings is 1. The van der Waals surface area contributed by atoms with E-state index in [0.717, 1.165) is 11.3 Å². The van der Waals surface area contributed by atoms with Gasteiger partial charge in [-0.15, -0.1) is 11.3 Å². The second-order valence-electron chi connectivity index (χ2n) is 4.54. The van der Waals surface area contributed by atoms with Gasteiger partial charge in [-0.25, -0.2) is 13.1 Å². The van der Waals surface area contributed by atoms with Gasteiger partial charge in [0, 0.05) is 4.88 Å². The summed E-state index contributed by atoms with van der Waals surface area (Å²) in [6, 6.07) is 2.88. The van der Waals surface area contributed by atoms with Crippen molar-refractivity contribution in [2.24, 2.45) is 0 Å². The third-order valence-corrected chi connectivity index (χ3v) is 6.39. The molecule has 1 aromatic rings. The lowest BCUT2D eigenvalue weighted by molar-refractivity contribution is -0.136. The van der Waals surface area contributed by atoms with Crippen LogP contribution in [-0.4, -0.2) is 36.7 Å². The van der Waals surface area contributed by atoms with Crippen LogP contribution in [0.2, 0.25) is 0 Å². The third-order valence-electron chi connectivity index (χ3n) is 3.23. The molecule has 1 rings (SSSR count). The number of rotatable bonds is 8. The second kappa shape index (κ2) is 6.66. The maximum atomic E-state index is 12.3. The van der Waals surface area contributed by atoms with Crippen molar-refractivity contribution in [2.75, 3.05) is 6.61 Å². The lowest BCUT2D eigenvalue weighted by atomic mass is 9.96. The minimum atomic E-state index is -3.75. The first-order valence-corrected chi connectivity index (χ1v) is 8.54. The summed E-state index contributed by atoms with van der Waals surface area (Å²) >= 11 is 0.927. The summed E-state index contributed by atoms with van der Waals surface area (Å²) in [7, 11) is -3.75. The van der Waals surface area contributed by atoms with E-state index in [-0.39, 0.29) is 17.2 Å². The van der Waals surface area contributed by atoms with Crippen molar-refractivity contribution in [1.82, 2.24) is 4.72 Å².